The SMILES string of the molecule is CC(C(=O)O)c1ccc(N2CCNCC2)cc1. The van der Waals surface area contributed by atoms with Gasteiger partial charge in [0.1, 0.15) is 0 Å². The van der Waals surface area contributed by atoms with E-state index in [1.165, 1.54) is 5.69 Å². The molecule has 1 fully saturated rings. The maximum absolute atomic E-state index is 10.9. The zero-order valence-electron chi connectivity index (χ0n) is 10.0. The number of aliphatic carboxylic acids is 1. The molecule has 0 saturated carbocycles. The smallest absolute Gasteiger partial charge is 0.310 e. The van der Waals surface area contributed by atoms with Crippen molar-refractivity contribution in [1.29, 1.82) is 0 Å². The van der Waals surface area contributed by atoms with Crippen molar-refractivity contribution in [2.45, 2.75) is 12.8 Å². The van der Waals surface area contributed by atoms with Crippen molar-refractivity contribution >= 4 is 11.7 Å². The minimum absolute atomic E-state index is 0.438. The molecule has 0 aromatic heterocycles. The third-order valence-corrected chi connectivity index (χ3v) is 3.25. The van der Waals surface area contributed by atoms with Crippen LogP contribution in [0.3, 0.4) is 0 Å². The summed E-state index contributed by atoms with van der Waals surface area (Å²) in [6, 6.07) is 7.85. The van der Waals surface area contributed by atoms with Gasteiger partial charge in [-0.1, -0.05) is 12.1 Å². The largest absolute Gasteiger partial charge is 0.481 e. The Balaban J connectivity index is 2.09. The van der Waals surface area contributed by atoms with E-state index in [1.54, 1.807) is 6.92 Å². The quantitative estimate of drug-likeness (QED) is 0.827. The first-order valence-electron chi connectivity index (χ1n) is 5.97. The summed E-state index contributed by atoms with van der Waals surface area (Å²) in [4.78, 5) is 13.2. The lowest BCUT2D eigenvalue weighted by atomic mass is 10.0. The molecule has 2 rings (SSSR count). The van der Waals surface area contributed by atoms with E-state index >= 15 is 0 Å². The summed E-state index contributed by atoms with van der Waals surface area (Å²) in [7, 11) is 0. The van der Waals surface area contributed by atoms with Gasteiger partial charge >= 0.3 is 5.97 Å². The molecule has 0 spiro atoms. The van der Waals surface area contributed by atoms with Crippen LogP contribution in [0.25, 0.3) is 0 Å². The number of anilines is 1. The van der Waals surface area contributed by atoms with E-state index in [9.17, 15) is 4.79 Å². The van der Waals surface area contributed by atoms with Gasteiger partial charge in [-0.3, -0.25) is 4.79 Å². The first kappa shape index (κ1) is 11.9. The van der Waals surface area contributed by atoms with Gasteiger partial charge in [0.05, 0.1) is 5.92 Å². The predicted octanol–water partition coefficient (Wildman–Crippen LogP) is 1.28. The highest BCUT2D eigenvalue weighted by molar-refractivity contribution is 5.75. The summed E-state index contributed by atoms with van der Waals surface area (Å²) >= 11 is 0. The Morgan fingerprint density at radius 2 is 1.88 bits per heavy atom. The number of carboxylic acid groups (broad SMARTS) is 1. The second-order valence-corrected chi connectivity index (χ2v) is 4.39. The lowest BCUT2D eigenvalue weighted by Crippen LogP contribution is -2.43. The van der Waals surface area contributed by atoms with Gasteiger partial charge in [-0.15, -0.1) is 0 Å². The van der Waals surface area contributed by atoms with Gasteiger partial charge in [0, 0.05) is 31.9 Å². The lowest BCUT2D eigenvalue weighted by molar-refractivity contribution is -0.138. The summed E-state index contributed by atoms with van der Waals surface area (Å²) in [5.74, 6) is -1.22. The van der Waals surface area contributed by atoms with Crippen molar-refractivity contribution in [3.8, 4) is 0 Å². The summed E-state index contributed by atoms with van der Waals surface area (Å²) in [6.45, 7) is 5.74. The van der Waals surface area contributed by atoms with Gasteiger partial charge in [0.15, 0.2) is 0 Å². The van der Waals surface area contributed by atoms with Crippen molar-refractivity contribution in [2.75, 3.05) is 31.1 Å². The fraction of sp³-hybridized carbons (Fsp3) is 0.462. The molecular weight excluding hydrogens is 216 g/mol. The number of piperazine rings is 1. The van der Waals surface area contributed by atoms with Crippen LogP contribution in [0.4, 0.5) is 5.69 Å². The Kier molecular flexibility index (Phi) is 3.64. The molecule has 1 aromatic rings. The van der Waals surface area contributed by atoms with Crippen molar-refractivity contribution < 1.29 is 9.90 Å². The highest BCUT2D eigenvalue weighted by Gasteiger charge is 2.14. The van der Waals surface area contributed by atoms with Gasteiger partial charge in [-0.25, -0.2) is 0 Å². The molecule has 1 saturated heterocycles. The normalized spacial score (nSPS) is 17.8. The molecule has 4 heteroatoms. The number of carbonyl (C=O) groups is 1. The number of hydrogen-bond donors (Lipinski definition) is 2. The zero-order valence-corrected chi connectivity index (χ0v) is 10.0. The first-order valence-corrected chi connectivity index (χ1v) is 5.97. The molecule has 1 heterocycles. The molecule has 0 radical (unpaired) electrons. The van der Waals surface area contributed by atoms with Crippen LogP contribution in [0.2, 0.25) is 0 Å². The minimum atomic E-state index is -0.778. The predicted molar refractivity (Wildman–Crippen MR) is 67.6 cm³/mol. The van der Waals surface area contributed by atoms with Gasteiger partial charge in [0.2, 0.25) is 0 Å². The van der Waals surface area contributed by atoms with Crippen LogP contribution in [-0.2, 0) is 4.79 Å². The van der Waals surface area contributed by atoms with Gasteiger partial charge in [-0.2, -0.15) is 0 Å². The van der Waals surface area contributed by atoms with E-state index in [1.807, 2.05) is 24.3 Å². The van der Waals surface area contributed by atoms with E-state index in [0.29, 0.717) is 0 Å². The van der Waals surface area contributed by atoms with Crippen molar-refractivity contribution in [3.63, 3.8) is 0 Å². The standard InChI is InChI=1S/C13H18N2O2/c1-10(13(16)17)11-2-4-12(5-3-11)15-8-6-14-7-9-15/h2-5,10,14H,6-9H2,1H3,(H,16,17). The highest BCUT2D eigenvalue weighted by atomic mass is 16.4. The number of nitrogens with one attached hydrogen (secondary N) is 1. The molecule has 92 valence electrons. The van der Waals surface area contributed by atoms with Crippen LogP contribution in [0, 0.1) is 0 Å². The second kappa shape index (κ2) is 5.19. The van der Waals surface area contributed by atoms with Crippen LogP contribution < -0.4 is 10.2 Å². The number of nitrogens with zero attached hydrogens (tertiary/aromatic N) is 1. The monoisotopic (exact) mass is 234 g/mol. The average molecular weight is 234 g/mol. The number of benzene rings is 1. The summed E-state index contributed by atoms with van der Waals surface area (Å²) < 4.78 is 0. The maximum atomic E-state index is 10.9. The van der Waals surface area contributed by atoms with E-state index in [0.717, 1.165) is 31.7 Å². The number of carboxylic acids is 1. The van der Waals surface area contributed by atoms with E-state index in [4.69, 9.17) is 5.11 Å². The Labute approximate surface area is 101 Å². The second-order valence-electron chi connectivity index (χ2n) is 4.39. The van der Waals surface area contributed by atoms with E-state index < -0.39 is 11.9 Å². The molecule has 1 aliphatic heterocycles. The summed E-state index contributed by atoms with van der Waals surface area (Å²) in [6.07, 6.45) is 0. The Morgan fingerprint density at radius 1 is 1.29 bits per heavy atom. The van der Waals surface area contributed by atoms with E-state index in [-0.39, 0.29) is 0 Å². The molecule has 1 aromatic carbocycles. The maximum Gasteiger partial charge on any atom is 0.310 e. The molecule has 1 unspecified atom stereocenters. The van der Waals surface area contributed by atoms with Crippen LogP contribution in [0.15, 0.2) is 24.3 Å². The summed E-state index contributed by atoms with van der Waals surface area (Å²) in [5, 5.41) is 12.2. The third kappa shape index (κ3) is 2.77. The fourth-order valence-corrected chi connectivity index (χ4v) is 2.04. The van der Waals surface area contributed by atoms with Gasteiger partial charge < -0.3 is 15.3 Å². The fourth-order valence-electron chi connectivity index (χ4n) is 2.04. The number of hydrogen-bond acceptors (Lipinski definition) is 3. The van der Waals surface area contributed by atoms with Crippen LogP contribution in [-0.4, -0.2) is 37.3 Å². The first-order chi connectivity index (χ1) is 8.18. The van der Waals surface area contributed by atoms with Crippen LogP contribution in [0.1, 0.15) is 18.4 Å². The molecule has 1 aliphatic rings. The Morgan fingerprint density at radius 3 is 2.41 bits per heavy atom. The molecule has 0 amide bonds. The van der Waals surface area contributed by atoms with Crippen LogP contribution >= 0.6 is 0 Å². The molecule has 4 nitrogen and oxygen atoms in total. The van der Waals surface area contributed by atoms with Crippen molar-refractivity contribution in [3.05, 3.63) is 29.8 Å². The van der Waals surface area contributed by atoms with Crippen molar-refractivity contribution in [2.24, 2.45) is 0 Å². The third-order valence-electron chi connectivity index (χ3n) is 3.25. The highest BCUT2D eigenvalue weighted by Crippen LogP contribution is 2.20. The molecule has 17 heavy (non-hydrogen) atoms. The van der Waals surface area contributed by atoms with Crippen LogP contribution in [0.5, 0.6) is 0 Å². The van der Waals surface area contributed by atoms with Gasteiger partial charge in [0.25, 0.3) is 0 Å². The molecule has 2 N–H and O–H groups in total. The Bertz CT molecular complexity index is 383. The molecule has 0 bridgehead atoms. The topological polar surface area (TPSA) is 52.6 Å². The Hall–Kier alpha value is -1.55. The van der Waals surface area contributed by atoms with Gasteiger partial charge in [-0.05, 0) is 24.6 Å². The molecule has 1 atom stereocenters. The molecular formula is C13H18N2O2. The molecule has 0 aliphatic carbocycles. The van der Waals surface area contributed by atoms with E-state index in [2.05, 4.69) is 10.2 Å². The summed E-state index contributed by atoms with van der Waals surface area (Å²) in [5.41, 5.74) is 2.03. The minimum Gasteiger partial charge on any atom is -0.481 e. The van der Waals surface area contributed by atoms with Crippen molar-refractivity contribution in [1.82, 2.24) is 5.32 Å². The zero-order chi connectivity index (χ0) is 12.3. The average Bonchev–Trinajstić information content (AvgIpc) is 2.39. The number of rotatable bonds is 3. The lowest BCUT2D eigenvalue weighted by Gasteiger charge is -2.29.